The van der Waals surface area contributed by atoms with E-state index >= 15 is 0 Å². The molecule has 0 aromatic carbocycles. The van der Waals surface area contributed by atoms with Gasteiger partial charge in [0.2, 0.25) is 0 Å². The van der Waals surface area contributed by atoms with Gasteiger partial charge in [-0.1, -0.05) is 20.8 Å². The van der Waals surface area contributed by atoms with Crippen molar-refractivity contribution in [3.05, 3.63) is 29.2 Å². The lowest BCUT2D eigenvalue weighted by molar-refractivity contribution is 0.0696. The maximum atomic E-state index is 10.9. The zero-order valence-electron chi connectivity index (χ0n) is 10.4. The van der Waals surface area contributed by atoms with Crippen LogP contribution in [0.5, 0.6) is 0 Å². The van der Waals surface area contributed by atoms with Crippen molar-refractivity contribution in [1.82, 2.24) is 14.6 Å². The lowest BCUT2D eigenvalue weighted by Gasteiger charge is -2.17. The highest BCUT2D eigenvalue weighted by Gasteiger charge is 2.22. The van der Waals surface area contributed by atoms with E-state index in [0.29, 0.717) is 5.65 Å². The van der Waals surface area contributed by atoms with Gasteiger partial charge < -0.3 is 5.11 Å². The number of rotatable bonds is 1. The van der Waals surface area contributed by atoms with Gasteiger partial charge in [0, 0.05) is 11.1 Å². The molecular weight excluding hydrogens is 218 g/mol. The molecule has 0 aliphatic heterocycles. The molecule has 0 unspecified atom stereocenters. The maximum absolute atomic E-state index is 10.9. The van der Waals surface area contributed by atoms with E-state index in [1.54, 1.807) is 6.07 Å². The van der Waals surface area contributed by atoms with E-state index in [0.717, 1.165) is 11.5 Å². The highest BCUT2D eigenvalue weighted by Crippen LogP contribution is 2.22. The molecule has 2 aromatic heterocycles. The van der Waals surface area contributed by atoms with Gasteiger partial charge in [0.25, 0.3) is 0 Å². The lowest BCUT2D eigenvalue weighted by atomic mass is 9.95. The van der Waals surface area contributed by atoms with E-state index in [1.807, 2.05) is 32.1 Å². The maximum Gasteiger partial charge on any atom is 0.335 e. The Bertz CT molecular complexity index is 594. The number of hydrogen-bond acceptors (Lipinski definition) is 3. The average Bonchev–Trinajstić information content (AvgIpc) is 2.60. The number of carbonyl (C=O) groups is 1. The van der Waals surface area contributed by atoms with E-state index in [-0.39, 0.29) is 11.0 Å². The monoisotopic (exact) mass is 233 g/mol. The number of carboxylic acid groups (broad SMARTS) is 1. The van der Waals surface area contributed by atoms with Crippen molar-refractivity contribution in [3.8, 4) is 0 Å². The first-order valence-corrected chi connectivity index (χ1v) is 5.40. The predicted octanol–water partition coefficient (Wildman–Crippen LogP) is 2.03. The van der Waals surface area contributed by atoms with Crippen molar-refractivity contribution < 1.29 is 9.90 Å². The van der Waals surface area contributed by atoms with Crippen molar-refractivity contribution in [2.45, 2.75) is 33.1 Å². The SMILES string of the molecule is Cc1cc(C(=O)O)cc2nnc(C(C)(C)C)n12. The Hall–Kier alpha value is -1.91. The Morgan fingerprint density at radius 3 is 2.47 bits per heavy atom. The zero-order valence-corrected chi connectivity index (χ0v) is 10.4. The Morgan fingerprint density at radius 1 is 1.29 bits per heavy atom. The standard InChI is InChI=1S/C12H15N3O2/c1-7-5-8(10(16)17)6-9-13-14-11(15(7)9)12(2,3)4/h5-6H,1-4H3,(H,16,17). The number of aryl methyl sites for hydroxylation is 1. The highest BCUT2D eigenvalue weighted by atomic mass is 16.4. The van der Waals surface area contributed by atoms with E-state index in [2.05, 4.69) is 10.2 Å². The van der Waals surface area contributed by atoms with Gasteiger partial charge in [0.1, 0.15) is 5.82 Å². The molecule has 0 aliphatic carbocycles. The first kappa shape index (κ1) is 11.6. The largest absolute Gasteiger partial charge is 0.478 e. The van der Waals surface area contributed by atoms with Gasteiger partial charge in [-0.15, -0.1) is 10.2 Å². The molecule has 0 bridgehead atoms. The minimum atomic E-state index is -0.948. The van der Waals surface area contributed by atoms with Gasteiger partial charge in [0.05, 0.1) is 5.56 Å². The fourth-order valence-electron chi connectivity index (χ4n) is 1.82. The molecule has 0 radical (unpaired) electrons. The lowest BCUT2D eigenvalue weighted by Crippen LogP contribution is -2.17. The molecule has 2 heterocycles. The molecular formula is C12H15N3O2. The van der Waals surface area contributed by atoms with Gasteiger partial charge in [0.15, 0.2) is 5.65 Å². The normalized spacial score (nSPS) is 12.0. The van der Waals surface area contributed by atoms with Crippen LogP contribution in [0, 0.1) is 6.92 Å². The number of carboxylic acids is 1. The third-order valence-electron chi connectivity index (χ3n) is 2.61. The molecule has 0 atom stereocenters. The molecule has 90 valence electrons. The van der Waals surface area contributed by atoms with Gasteiger partial charge in [-0.05, 0) is 19.1 Å². The fraction of sp³-hybridized carbons (Fsp3) is 0.417. The van der Waals surface area contributed by atoms with E-state index in [1.165, 1.54) is 6.07 Å². The van der Waals surface area contributed by atoms with E-state index in [4.69, 9.17) is 5.11 Å². The van der Waals surface area contributed by atoms with Crippen LogP contribution in [-0.2, 0) is 5.41 Å². The molecule has 17 heavy (non-hydrogen) atoms. The Balaban J connectivity index is 2.76. The number of fused-ring (bicyclic) bond motifs is 1. The van der Waals surface area contributed by atoms with Crippen molar-refractivity contribution in [2.24, 2.45) is 0 Å². The summed E-state index contributed by atoms with van der Waals surface area (Å²) < 4.78 is 1.90. The van der Waals surface area contributed by atoms with Crippen molar-refractivity contribution in [1.29, 1.82) is 0 Å². The molecule has 1 N–H and O–H groups in total. The van der Waals surface area contributed by atoms with Crippen LogP contribution in [-0.4, -0.2) is 25.7 Å². The summed E-state index contributed by atoms with van der Waals surface area (Å²) in [5.41, 5.74) is 1.51. The van der Waals surface area contributed by atoms with Crippen molar-refractivity contribution in [2.75, 3.05) is 0 Å². The minimum absolute atomic E-state index is 0.130. The summed E-state index contributed by atoms with van der Waals surface area (Å²) in [6, 6.07) is 3.17. The summed E-state index contributed by atoms with van der Waals surface area (Å²) in [6.45, 7) is 8.01. The zero-order chi connectivity index (χ0) is 12.8. The molecule has 0 spiro atoms. The van der Waals surface area contributed by atoms with Crippen LogP contribution in [0.3, 0.4) is 0 Å². The van der Waals surface area contributed by atoms with E-state index in [9.17, 15) is 4.79 Å². The third-order valence-corrected chi connectivity index (χ3v) is 2.61. The van der Waals surface area contributed by atoms with Crippen molar-refractivity contribution >= 4 is 11.6 Å². The molecule has 0 fully saturated rings. The molecule has 2 aromatic rings. The Morgan fingerprint density at radius 2 is 1.94 bits per heavy atom. The summed E-state index contributed by atoms with van der Waals surface area (Å²) in [5.74, 6) is -0.113. The van der Waals surface area contributed by atoms with Crippen LogP contribution in [0.2, 0.25) is 0 Å². The summed E-state index contributed by atoms with van der Waals surface area (Å²) in [5, 5.41) is 17.2. The Kier molecular flexibility index (Phi) is 2.41. The van der Waals surface area contributed by atoms with Crippen LogP contribution in [0.1, 0.15) is 42.6 Å². The second kappa shape index (κ2) is 3.55. The summed E-state index contributed by atoms with van der Waals surface area (Å²) in [4.78, 5) is 10.9. The van der Waals surface area contributed by atoms with Crippen LogP contribution in [0.25, 0.3) is 5.65 Å². The molecule has 5 nitrogen and oxygen atoms in total. The van der Waals surface area contributed by atoms with Gasteiger partial charge in [-0.3, -0.25) is 4.40 Å². The van der Waals surface area contributed by atoms with Crippen LogP contribution in [0.15, 0.2) is 12.1 Å². The minimum Gasteiger partial charge on any atom is -0.478 e. The quantitative estimate of drug-likeness (QED) is 0.818. The second-order valence-electron chi connectivity index (χ2n) is 5.16. The molecule has 0 saturated heterocycles. The summed E-state index contributed by atoms with van der Waals surface area (Å²) in [6.07, 6.45) is 0. The topological polar surface area (TPSA) is 67.5 Å². The number of nitrogens with zero attached hydrogens (tertiary/aromatic N) is 3. The fourth-order valence-corrected chi connectivity index (χ4v) is 1.82. The summed E-state index contributed by atoms with van der Waals surface area (Å²) in [7, 11) is 0. The Labute approximate surface area is 99.1 Å². The number of aromatic nitrogens is 3. The van der Waals surface area contributed by atoms with Gasteiger partial charge >= 0.3 is 5.97 Å². The molecule has 0 aliphatic rings. The van der Waals surface area contributed by atoms with Crippen LogP contribution < -0.4 is 0 Å². The number of hydrogen-bond donors (Lipinski definition) is 1. The van der Waals surface area contributed by atoms with Gasteiger partial charge in [-0.25, -0.2) is 4.79 Å². The number of pyridine rings is 1. The summed E-state index contributed by atoms with van der Waals surface area (Å²) >= 11 is 0. The average molecular weight is 233 g/mol. The van der Waals surface area contributed by atoms with E-state index < -0.39 is 5.97 Å². The third kappa shape index (κ3) is 1.88. The smallest absolute Gasteiger partial charge is 0.335 e. The molecule has 0 amide bonds. The molecule has 2 rings (SSSR count). The van der Waals surface area contributed by atoms with Crippen molar-refractivity contribution in [3.63, 3.8) is 0 Å². The first-order chi connectivity index (χ1) is 7.80. The van der Waals surface area contributed by atoms with Crippen LogP contribution in [0.4, 0.5) is 0 Å². The first-order valence-electron chi connectivity index (χ1n) is 5.40. The predicted molar refractivity (Wildman–Crippen MR) is 63.4 cm³/mol. The molecule has 5 heteroatoms. The highest BCUT2D eigenvalue weighted by molar-refractivity contribution is 5.88. The second-order valence-corrected chi connectivity index (χ2v) is 5.16. The number of aromatic carboxylic acids is 1. The van der Waals surface area contributed by atoms with Gasteiger partial charge in [-0.2, -0.15) is 0 Å². The molecule has 0 saturated carbocycles. The van der Waals surface area contributed by atoms with Crippen LogP contribution >= 0.6 is 0 Å².